The molecule has 4 aromatic heterocycles. The summed E-state index contributed by atoms with van der Waals surface area (Å²) >= 11 is 2.94. The van der Waals surface area contributed by atoms with Gasteiger partial charge in [0.05, 0.1) is 21.6 Å². The molecule has 1 fully saturated rings. The molecule has 5 heterocycles. The van der Waals surface area contributed by atoms with Gasteiger partial charge in [-0.2, -0.15) is 4.98 Å². The topological polar surface area (TPSA) is 102 Å². The van der Waals surface area contributed by atoms with E-state index in [1.807, 2.05) is 65.4 Å². The first kappa shape index (κ1) is 27.8. The molecule has 2 aromatic carbocycles. The van der Waals surface area contributed by atoms with Crippen LogP contribution in [0.4, 0.5) is 11.6 Å². The van der Waals surface area contributed by atoms with Crippen LogP contribution in [0.2, 0.25) is 0 Å². The van der Waals surface area contributed by atoms with Crippen LogP contribution < -0.4 is 16.2 Å². The lowest BCUT2D eigenvalue weighted by Gasteiger charge is -2.14. The monoisotopic (exact) mass is 624 g/mol. The summed E-state index contributed by atoms with van der Waals surface area (Å²) in [5.41, 5.74) is 3.70. The fourth-order valence-electron chi connectivity index (χ4n) is 5.38. The van der Waals surface area contributed by atoms with Gasteiger partial charge in [0.2, 0.25) is 5.95 Å². The minimum atomic E-state index is -1.33. The summed E-state index contributed by atoms with van der Waals surface area (Å²) in [4.78, 5) is 28.5. The van der Waals surface area contributed by atoms with Crippen molar-refractivity contribution >= 4 is 56.1 Å². The lowest BCUT2D eigenvalue weighted by molar-refractivity contribution is 0.580. The van der Waals surface area contributed by atoms with Crippen molar-refractivity contribution in [3.63, 3.8) is 0 Å². The normalized spacial score (nSPS) is 15.6. The number of anilines is 2. The average Bonchev–Trinajstić information content (AvgIpc) is 3.84. The maximum Gasteiger partial charge on any atom is 0.260 e. The molecule has 2 atom stereocenters. The van der Waals surface area contributed by atoms with E-state index < -0.39 is 10.8 Å². The summed E-state index contributed by atoms with van der Waals surface area (Å²) < 4.78 is 15.6. The number of nitrogens with zero attached hydrogens (tertiary/aromatic N) is 4. The van der Waals surface area contributed by atoms with Gasteiger partial charge in [-0.25, -0.2) is 14.2 Å². The zero-order valence-corrected chi connectivity index (χ0v) is 25.6. The number of rotatable bonds is 9. The fraction of sp³-hybridized carbons (Fsp3) is 0.188. The lowest BCUT2D eigenvalue weighted by atomic mass is 9.99. The van der Waals surface area contributed by atoms with E-state index in [2.05, 4.69) is 32.7 Å². The van der Waals surface area contributed by atoms with E-state index in [1.54, 1.807) is 17.0 Å². The second-order valence-corrected chi connectivity index (χ2v) is 14.1. The predicted molar refractivity (Wildman–Crippen MR) is 174 cm³/mol. The Labute approximate surface area is 259 Å². The standard InChI is InChI=1S/C32H28N6O2S3/c39-31-27(23-3-1-4-26(16-23)43(40)29-5-2-13-42-29)17-24-19-35-32(37-30(24)38(31)20-28-34-12-14-41-28)36-25-8-6-21(7-9-25)15-22-10-11-33-18-22/h1-9,12-14,16-17,19,22,33H,10-11,15,18,20H2,(H,35,36,37). The second kappa shape index (κ2) is 12.3. The number of hydrogen-bond acceptors (Lipinski definition) is 9. The minimum absolute atomic E-state index is 0.197. The molecule has 0 aliphatic carbocycles. The Balaban J connectivity index is 1.23. The molecule has 2 N–H and O–H groups in total. The molecule has 0 spiro atoms. The quantitative estimate of drug-likeness (QED) is 0.201. The highest BCUT2D eigenvalue weighted by atomic mass is 32.2. The van der Waals surface area contributed by atoms with Crippen molar-refractivity contribution in [1.29, 1.82) is 0 Å². The third-order valence-electron chi connectivity index (χ3n) is 7.54. The molecule has 2 unspecified atom stereocenters. The van der Waals surface area contributed by atoms with Gasteiger partial charge in [-0.1, -0.05) is 30.3 Å². The van der Waals surface area contributed by atoms with Crippen LogP contribution in [0.5, 0.6) is 0 Å². The first-order valence-corrected chi connectivity index (χ1v) is 16.9. The summed E-state index contributed by atoms with van der Waals surface area (Å²) in [6.07, 6.45) is 5.75. The van der Waals surface area contributed by atoms with Crippen LogP contribution >= 0.6 is 22.7 Å². The first-order valence-electron chi connectivity index (χ1n) is 14.0. The Bertz CT molecular complexity index is 1950. The number of aromatic nitrogens is 4. The van der Waals surface area contributed by atoms with E-state index in [4.69, 9.17) is 4.98 Å². The zero-order valence-electron chi connectivity index (χ0n) is 23.1. The van der Waals surface area contributed by atoms with Gasteiger partial charge in [0, 0.05) is 39.3 Å². The summed E-state index contributed by atoms with van der Waals surface area (Å²) in [7, 11) is -1.33. The number of pyridine rings is 1. The van der Waals surface area contributed by atoms with Crippen molar-refractivity contribution in [2.24, 2.45) is 5.92 Å². The SMILES string of the molecule is O=c1c(-c2cccc(S(=O)c3cccs3)c2)cc2cnc(Nc3ccc(CC4CCNC4)cc3)nc2n1Cc1nccs1. The summed E-state index contributed by atoms with van der Waals surface area (Å²) in [6.45, 7) is 2.46. The van der Waals surface area contributed by atoms with Gasteiger partial charge in [0.25, 0.3) is 5.56 Å². The average molecular weight is 625 g/mol. The Morgan fingerprint density at radius 3 is 2.70 bits per heavy atom. The molecule has 6 aromatic rings. The van der Waals surface area contributed by atoms with Crippen LogP contribution in [0, 0.1) is 5.92 Å². The molecule has 1 aliphatic rings. The van der Waals surface area contributed by atoms with Gasteiger partial charge in [-0.3, -0.25) is 9.36 Å². The van der Waals surface area contributed by atoms with Gasteiger partial charge in [-0.05, 0) is 84.8 Å². The molecule has 0 amide bonds. The van der Waals surface area contributed by atoms with Crippen LogP contribution in [0.15, 0.2) is 104 Å². The second-order valence-electron chi connectivity index (χ2n) is 10.5. The Kier molecular flexibility index (Phi) is 7.94. The van der Waals surface area contributed by atoms with E-state index in [0.717, 1.165) is 39.8 Å². The highest BCUT2D eigenvalue weighted by Crippen LogP contribution is 2.27. The van der Waals surface area contributed by atoms with Crippen LogP contribution in [0.1, 0.15) is 17.0 Å². The third kappa shape index (κ3) is 6.07. The van der Waals surface area contributed by atoms with E-state index in [0.29, 0.717) is 33.5 Å². The van der Waals surface area contributed by atoms with E-state index in [9.17, 15) is 9.00 Å². The van der Waals surface area contributed by atoms with Crippen LogP contribution in [-0.2, 0) is 23.8 Å². The van der Waals surface area contributed by atoms with E-state index in [-0.39, 0.29) is 12.1 Å². The molecule has 7 rings (SSSR count). The van der Waals surface area contributed by atoms with E-state index in [1.165, 1.54) is 34.7 Å². The van der Waals surface area contributed by atoms with Gasteiger partial charge in [-0.15, -0.1) is 22.7 Å². The van der Waals surface area contributed by atoms with Gasteiger partial charge < -0.3 is 10.6 Å². The molecule has 0 saturated carbocycles. The fourth-order valence-corrected chi connectivity index (χ4v) is 8.11. The minimum Gasteiger partial charge on any atom is -0.324 e. The molecular formula is C32H28N6O2S3. The van der Waals surface area contributed by atoms with Gasteiger partial charge in [0.15, 0.2) is 0 Å². The highest BCUT2D eigenvalue weighted by molar-refractivity contribution is 7.87. The summed E-state index contributed by atoms with van der Waals surface area (Å²) in [5.74, 6) is 1.10. The number of thiophene rings is 1. The number of thiazole rings is 1. The molecule has 1 aliphatic heterocycles. The third-order valence-corrected chi connectivity index (χ3v) is 10.9. The van der Waals surface area contributed by atoms with Crippen molar-refractivity contribution in [3.8, 4) is 11.1 Å². The molecule has 216 valence electrons. The first-order chi connectivity index (χ1) is 21.1. The van der Waals surface area contributed by atoms with Gasteiger partial charge >= 0.3 is 0 Å². The number of fused-ring (bicyclic) bond motifs is 1. The smallest absolute Gasteiger partial charge is 0.260 e. The zero-order chi connectivity index (χ0) is 29.2. The van der Waals surface area contributed by atoms with Crippen molar-refractivity contribution in [2.45, 2.75) is 28.5 Å². The van der Waals surface area contributed by atoms with Crippen molar-refractivity contribution in [1.82, 2.24) is 24.8 Å². The maximum atomic E-state index is 14.0. The van der Waals surface area contributed by atoms with Crippen LogP contribution in [0.3, 0.4) is 0 Å². The van der Waals surface area contributed by atoms with Crippen molar-refractivity contribution in [2.75, 3.05) is 18.4 Å². The summed E-state index contributed by atoms with van der Waals surface area (Å²) in [6, 6.07) is 21.3. The largest absolute Gasteiger partial charge is 0.324 e. The van der Waals surface area contributed by atoms with Crippen molar-refractivity contribution < 1.29 is 4.21 Å². The van der Waals surface area contributed by atoms with Crippen LogP contribution in [0.25, 0.3) is 22.2 Å². The lowest BCUT2D eigenvalue weighted by Crippen LogP contribution is -2.24. The molecule has 0 radical (unpaired) electrons. The molecule has 43 heavy (non-hydrogen) atoms. The molecule has 1 saturated heterocycles. The van der Waals surface area contributed by atoms with Crippen molar-refractivity contribution in [3.05, 3.63) is 111 Å². The summed E-state index contributed by atoms with van der Waals surface area (Å²) in [5, 5.41) is 12.1. The maximum absolute atomic E-state index is 14.0. The molecule has 8 nitrogen and oxygen atoms in total. The van der Waals surface area contributed by atoms with Crippen LogP contribution in [-0.4, -0.2) is 36.8 Å². The Morgan fingerprint density at radius 2 is 1.93 bits per heavy atom. The molecular weight excluding hydrogens is 597 g/mol. The highest BCUT2D eigenvalue weighted by Gasteiger charge is 2.18. The number of hydrogen-bond donors (Lipinski definition) is 2. The van der Waals surface area contributed by atoms with E-state index >= 15 is 0 Å². The Hall–Kier alpha value is -4.03. The predicted octanol–water partition coefficient (Wildman–Crippen LogP) is 6.09. The number of benzene rings is 2. The van der Waals surface area contributed by atoms with Gasteiger partial charge in [0.1, 0.15) is 10.7 Å². The Morgan fingerprint density at radius 1 is 1.02 bits per heavy atom. The molecule has 0 bridgehead atoms. The number of nitrogens with one attached hydrogen (secondary N) is 2. The molecule has 11 heteroatoms.